The van der Waals surface area contributed by atoms with Crippen LogP contribution in [0.2, 0.25) is 0 Å². The molecule has 0 spiro atoms. The fraction of sp³-hybridized carbons (Fsp3) is 0.455. The summed E-state index contributed by atoms with van der Waals surface area (Å²) in [6.07, 6.45) is 1.09. The summed E-state index contributed by atoms with van der Waals surface area (Å²) in [5.41, 5.74) is 0.846. The molecule has 2 amide bonds. The van der Waals surface area contributed by atoms with Crippen molar-refractivity contribution in [3.63, 3.8) is 0 Å². The van der Waals surface area contributed by atoms with Crippen LogP contribution < -0.4 is 5.32 Å². The Morgan fingerprint density at radius 3 is 2.28 bits per heavy atom. The van der Waals surface area contributed by atoms with Crippen LogP contribution in [0.15, 0.2) is 60.8 Å². The Kier molecular flexibility index (Phi) is 11.4. The lowest BCUT2D eigenvalue weighted by molar-refractivity contribution is -0.133. The Morgan fingerprint density at radius 1 is 1.02 bits per heavy atom. The highest BCUT2D eigenvalue weighted by Gasteiger charge is 2.37. The minimum Gasteiger partial charge on any atom is -0.444 e. The van der Waals surface area contributed by atoms with Gasteiger partial charge in [-0.05, 0) is 62.4 Å². The van der Waals surface area contributed by atoms with E-state index in [1.807, 2.05) is 55.7 Å². The van der Waals surface area contributed by atoms with Gasteiger partial charge in [-0.2, -0.15) is 0 Å². The largest absolute Gasteiger partial charge is 0.444 e. The van der Waals surface area contributed by atoms with Crippen LogP contribution in [-0.2, 0) is 16.1 Å². The van der Waals surface area contributed by atoms with Crippen molar-refractivity contribution in [2.24, 2.45) is 5.41 Å². The molecule has 1 aromatic heterocycles. The number of benzene rings is 2. The van der Waals surface area contributed by atoms with E-state index in [0.29, 0.717) is 17.8 Å². The number of carbonyl (C=O) groups excluding carboxylic acids is 2. The molecule has 43 heavy (non-hydrogen) atoms. The van der Waals surface area contributed by atoms with Gasteiger partial charge in [-0.15, -0.1) is 11.6 Å². The third-order valence-electron chi connectivity index (χ3n) is 6.84. The predicted octanol–water partition coefficient (Wildman–Crippen LogP) is 7.89. The van der Waals surface area contributed by atoms with Gasteiger partial charge < -0.3 is 19.5 Å². The third-order valence-corrected chi connectivity index (χ3v) is 7.07. The molecule has 3 rings (SSSR count). The predicted molar refractivity (Wildman–Crippen MR) is 164 cm³/mol. The van der Waals surface area contributed by atoms with E-state index in [1.54, 1.807) is 37.9 Å². The maximum absolute atomic E-state index is 14.9. The maximum atomic E-state index is 14.9. The van der Waals surface area contributed by atoms with Crippen LogP contribution in [0.5, 0.6) is 0 Å². The summed E-state index contributed by atoms with van der Waals surface area (Å²) in [6, 6.07) is 13.2. The van der Waals surface area contributed by atoms with Gasteiger partial charge in [-0.3, -0.25) is 4.79 Å². The molecule has 0 radical (unpaired) electrons. The molecule has 2 aromatic carbocycles. The topological polar surface area (TPSA) is 63.6 Å². The number of alkyl carbamates (subject to hydrolysis) is 1. The van der Waals surface area contributed by atoms with Crippen molar-refractivity contribution in [3.05, 3.63) is 83.7 Å². The first kappa shape index (κ1) is 34.0. The summed E-state index contributed by atoms with van der Waals surface area (Å²) in [5, 5.41) is 2.54. The lowest BCUT2D eigenvalue weighted by atomic mass is 9.82. The number of aromatic nitrogens is 1. The molecule has 3 aromatic rings. The van der Waals surface area contributed by atoms with Gasteiger partial charge in [-0.25, -0.2) is 18.0 Å². The summed E-state index contributed by atoms with van der Waals surface area (Å²) in [4.78, 5) is 27.3. The fourth-order valence-electron chi connectivity index (χ4n) is 5.04. The fourth-order valence-corrected chi connectivity index (χ4v) is 5.20. The Hall–Kier alpha value is -3.46. The summed E-state index contributed by atoms with van der Waals surface area (Å²) < 4.78 is 50.3. The second-order valence-corrected chi connectivity index (χ2v) is 12.9. The van der Waals surface area contributed by atoms with Crippen molar-refractivity contribution in [2.45, 2.75) is 72.2 Å². The number of rotatable bonds is 11. The molecule has 0 aliphatic carbocycles. The van der Waals surface area contributed by atoms with Crippen LogP contribution in [0.3, 0.4) is 0 Å². The quantitative estimate of drug-likeness (QED) is 0.222. The van der Waals surface area contributed by atoms with Crippen molar-refractivity contribution in [3.8, 4) is 11.1 Å². The van der Waals surface area contributed by atoms with Crippen LogP contribution in [-0.4, -0.2) is 52.2 Å². The summed E-state index contributed by atoms with van der Waals surface area (Å²) >= 11 is 6.09. The molecule has 6 nitrogen and oxygen atoms in total. The molecule has 0 saturated carbocycles. The van der Waals surface area contributed by atoms with Gasteiger partial charge in [0.1, 0.15) is 29.8 Å². The average molecular weight is 620 g/mol. The summed E-state index contributed by atoms with van der Waals surface area (Å²) in [6.45, 7) is 10.6. The van der Waals surface area contributed by atoms with Gasteiger partial charge in [-0.1, -0.05) is 51.1 Å². The van der Waals surface area contributed by atoms with Crippen molar-refractivity contribution in [2.75, 3.05) is 19.1 Å². The molecule has 1 heterocycles. The highest BCUT2D eigenvalue weighted by molar-refractivity contribution is 6.27. The molecule has 0 fully saturated rings. The number of amides is 2. The first-order valence-corrected chi connectivity index (χ1v) is 14.8. The second-order valence-electron chi connectivity index (χ2n) is 12.7. The van der Waals surface area contributed by atoms with E-state index in [4.69, 9.17) is 16.3 Å². The summed E-state index contributed by atoms with van der Waals surface area (Å²) in [7, 11) is 0. The minimum absolute atomic E-state index is 0.0675. The standard InChI is InChI=1S/C33H41ClF3N3O3/c1-32(2,3)30(40(29(41)18-34)15-14-25(19-35)38-31(42)43-33(4,5)6)28-16-23(26-17-24(36)12-13-27(26)37)21-39(28)20-22-10-8-7-9-11-22/h7-13,16-17,21,25,30H,14-15,18-20H2,1-6H3,(H,38,42). The number of alkyl halides is 2. The molecule has 10 heteroatoms. The molecule has 0 aliphatic rings. The third kappa shape index (κ3) is 9.51. The Labute approximate surface area is 257 Å². The number of carbonyl (C=O) groups is 2. The zero-order valence-corrected chi connectivity index (χ0v) is 26.4. The molecule has 1 N–H and O–H groups in total. The van der Waals surface area contributed by atoms with Crippen LogP contribution in [0.25, 0.3) is 11.1 Å². The molecule has 0 saturated heterocycles. The molecule has 0 aliphatic heterocycles. The van der Waals surface area contributed by atoms with Gasteiger partial charge in [0.15, 0.2) is 0 Å². The average Bonchev–Trinajstić information content (AvgIpc) is 3.32. The zero-order chi connectivity index (χ0) is 31.9. The minimum atomic E-state index is -0.908. The number of hydrogen-bond donors (Lipinski definition) is 1. The van der Waals surface area contributed by atoms with E-state index < -0.39 is 47.5 Å². The van der Waals surface area contributed by atoms with E-state index >= 15 is 0 Å². The van der Waals surface area contributed by atoms with E-state index in [9.17, 15) is 22.8 Å². The van der Waals surface area contributed by atoms with E-state index in [2.05, 4.69) is 5.32 Å². The van der Waals surface area contributed by atoms with Crippen molar-refractivity contribution >= 4 is 23.6 Å². The molecule has 2 unspecified atom stereocenters. The second kappa shape index (κ2) is 14.3. The number of nitrogens with zero attached hydrogens (tertiary/aromatic N) is 2. The van der Waals surface area contributed by atoms with Crippen LogP contribution >= 0.6 is 11.6 Å². The summed E-state index contributed by atoms with van der Waals surface area (Å²) in [5.74, 6) is -1.86. The first-order valence-electron chi connectivity index (χ1n) is 14.2. The van der Waals surface area contributed by atoms with Gasteiger partial charge >= 0.3 is 6.09 Å². The Balaban J connectivity index is 2.07. The van der Waals surface area contributed by atoms with E-state index in [-0.39, 0.29) is 30.3 Å². The van der Waals surface area contributed by atoms with Gasteiger partial charge in [0, 0.05) is 36.1 Å². The van der Waals surface area contributed by atoms with E-state index in [0.717, 1.165) is 23.8 Å². The zero-order valence-electron chi connectivity index (χ0n) is 25.6. The molecular weight excluding hydrogens is 579 g/mol. The van der Waals surface area contributed by atoms with Crippen molar-refractivity contribution in [1.82, 2.24) is 14.8 Å². The van der Waals surface area contributed by atoms with Crippen molar-refractivity contribution in [1.29, 1.82) is 0 Å². The lowest BCUT2D eigenvalue weighted by Gasteiger charge is -2.41. The van der Waals surface area contributed by atoms with Crippen LogP contribution in [0, 0.1) is 17.0 Å². The highest BCUT2D eigenvalue weighted by Crippen LogP contribution is 2.41. The van der Waals surface area contributed by atoms with Gasteiger partial charge in [0.25, 0.3) is 0 Å². The Morgan fingerprint density at radius 2 is 1.70 bits per heavy atom. The molecular formula is C33H41ClF3N3O3. The normalized spacial score (nSPS) is 13.3. The van der Waals surface area contributed by atoms with Gasteiger partial charge in [0.2, 0.25) is 5.91 Å². The monoisotopic (exact) mass is 619 g/mol. The molecule has 0 bridgehead atoms. The lowest BCUT2D eigenvalue weighted by Crippen LogP contribution is -2.46. The smallest absolute Gasteiger partial charge is 0.407 e. The molecule has 2 atom stereocenters. The SMILES string of the molecule is CC(C)(C)OC(=O)NC(CF)CCN(C(=O)CCl)C(c1cc(-c2cc(F)ccc2F)cn1Cc1ccccc1)C(C)(C)C. The van der Waals surface area contributed by atoms with Crippen LogP contribution in [0.1, 0.15) is 65.3 Å². The number of hydrogen-bond acceptors (Lipinski definition) is 3. The maximum Gasteiger partial charge on any atom is 0.407 e. The van der Waals surface area contributed by atoms with E-state index in [1.165, 1.54) is 0 Å². The highest BCUT2D eigenvalue weighted by atomic mass is 35.5. The first-order chi connectivity index (χ1) is 20.1. The van der Waals surface area contributed by atoms with Crippen LogP contribution in [0.4, 0.5) is 18.0 Å². The number of halogens is 4. The number of ether oxygens (including phenoxy) is 1. The number of nitrogens with one attached hydrogen (secondary N) is 1. The van der Waals surface area contributed by atoms with Crippen molar-refractivity contribution < 1.29 is 27.5 Å². The molecule has 234 valence electrons. The van der Waals surface area contributed by atoms with Gasteiger partial charge in [0.05, 0.1) is 12.1 Å². The Bertz CT molecular complexity index is 1380.